The van der Waals surface area contributed by atoms with Crippen LogP contribution in [0.25, 0.3) is 11.1 Å². The molecule has 1 aromatic heterocycles. The van der Waals surface area contributed by atoms with Gasteiger partial charge in [0.05, 0.1) is 5.69 Å². The number of benzene rings is 3. The molecule has 0 saturated carbocycles. The molecule has 5 rings (SSSR count). The highest BCUT2D eigenvalue weighted by molar-refractivity contribution is 6.30. The van der Waals surface area contributed by atoms with Crippen molar-refractivity contribution in [1.82, 2.24) is 10.3 Å². The third-order valence-electron chi connectivity index (χ3n) is 6.40. The van der Waals surface area contributed by atoms with Gasteiger partial charge in [0.2, 0.25) is 0 Å². The molecule has 0 spiro atoms. The Hall–Kier alpha value is -3.54. The lowest BCUT2D eigenvalue weighted by Gasteiger charge is -2.32. The summed E-state index contributed by atoms with van der Waals surface area (Å²) >= 11 is 12.2. The highest BCUT2D eigenvalue weighted by atomic mass is 35.5. The molecule has 0 bridgehead atoms. The van der Waals surface area contributed by atoms with Crippen LogP contribution in [0, 0.1) is 6.92 Å². The van der Waals surface area contributed by atoms with Gasteiger partial charge in [0, 0.05) is 53.5 Å². The lowest BCUT2D eigenvalue weighted by molar-refractivity contribution is 0.0951. The highest BCUT2D eigenvalue weighted by Gasteiger charge is 2.20. The van der Waals surface area contributed by atoms with Gasteiger partial charge < -0.3 is 15.5 Å². The van der Waals surface area contributed by atoms with Gasteiger partial charge in [-0.3, -0.25) is 4.79 Å². The number of hydrogen-bond acceptors (Lipinski definition) is 4. The van der Waals surface area contributed by atoms with Crippen molar-refractivity contribution in [2.24, 2.45) is 0 Å². The molecule has 0 aliphatic carbocycles. The number of halogens is 2. The van der Waals surface area contributed by atoms with Gasteiger partial charge in [0.25, 0.3) is 5.91 Å². The van der Waals surface area contributed by atoms with Crippen molar-refractivity contribution >= 4 is 40.6 Å². The number of aryl methyl sites for hydroxylation is 1. The third-order valence-corrected chi connectivity index (χ3v) is 6.89. The van der Waals surface area contributed by atoms with Gasteiger partial charge in [-0.25, -0.2) is 4.98 Å². The number of carbonyl (C=O) groups excluding carboxylic acids is 1. The number of nitrogens with one attached hydrogen (secondary N) is 2. The van der Waals surface area contributed by atoms with E-state index in [1.807, 2.05) is 66.9 Å². The van der Waals surface area contributed by atoms with E-state index in [1.54, 1.807) is 0 Å². The fraction of sp³-hybridized carbons (Fsp3) is 0.172. The van der Waals surface area contributed by atoms with Crippen molar-refractivity contribution in [3.8, 4) is 11.1 Å². The number of nitrogens with zero attached hydrogens (tertiary/aromatic N) is 2. The number of carbonyl (C=O) groups is 1. The number of anilines is 2. The fourth-order valence-corrected chi connectivity index (χ4v) is 4.62. The molecule has 0 unspecified atom stereocenters. The highest BCUT2D eigenvalue weighted by Crippen LogP contribution is 2.33. The van der Waals surface area contributed by atoms with Crippen molar-refractivity contribution in [1.29, 1.82) is 0 Å². The van der Waals surface area contributed by atoms with Gasteiger partial charge in [-0.1, -0.05) is 53.5 Å². The van der Waals surface area contributed by atoms with Gasteiger partial charge >= 0.3 is 0 Å². The average molecular weight is 517 g/mol. The summed E-state index contributed by atoms with van der Waals surface area (Å²) in [5.74, 6) is 0.759. The first-order chi connectivity index (χ1) is 17.5. The third kappa shape index (κ3) is 5.48. The van der Waals surface area contributed by atoms with Crippen LogP contribution in [0.1, 0.15) is 27.0 Å². The molecule has 1 aliphatic heterocycles. The van der Waals surface area contributed by atoms with Crippen LogP contribution in [0.5, 0.6) is 0 Å². The topological polar surface area (TPSA) is 57.3 Å². The standard InChI is InChI=1S/C29H26Cl2N4O/c1-19-2-9-26(31)14-24(19)18-35-13-12-32-28-27(35)15-23(17-33-28)21-5-7-22(8-6-21)29(36)34-16-20-3-10-25(30)11-4-20/h2-11,14-15,17H,12-13,16,18H2,1H3,(H,32,33)(H,34,36). The number of pyridine rings is 1. The van der Waals surface area contributed by atoms with Gasteiger partial charge in [-0.05, 0) is 71.6 Å². The summed E-state index contributed by atoms with van der Waals surface area (Å²) in [5, 5.41) is 7.77. The second-order valence-corrected chi connectivity index (χ2v) is 9.77. The Balaban J connectivity index is 1.31. The SMILES string of the molecule is Cc1ccc(Cl)cc1CN1CCNc2ncc(-c3ccc(C(=O)NCc4ccc(Cl)cc4)cc3)cc21. The Morgan fingerprint density at radius 1 is 0.972 bits per heavy atom. The van der Waals surface area contributed by atoms with E-state index in [0.717, 1.165) is 52.9 Å². The fourth-order valence-electron chi connectivity index (χ4n) is 4.30. The Bertz CT molecular complexity index is 1390. The first-order valence-corrected chi connectivity index (χ1v) is 12.6. The van der Waals surface area contributed by atoms with E-state index in [0.29, 0.717) is 17.1 Å². The minimum absolute atomic E-state index is 0.118. The van der Waals surface area contributed by atoms with Gasteiger partial charge in [0.1, 0.15) is 5.82 Å². The predicted molar refractivity (Wildman–Crippen MR) is 148 cm³/mol. The van der Waals surface area contributed by atoms with Crippen molar-refractivity contribution < 1.29 is 4.79 Å². The minimum Gasteiger partial charge on any atom is -0.367 e. The van der Waals surface area contributed by atoms with E-state index < -0.39 is 0 Å². The molecular weight excluding hydrogens is 491 g/mol. The summed E-state index contributed by atoms with van der Waals surface area (Å²) in [7, 11) is 0. The molecule has 5 nitrogen and oxygen atoms in total. The van der Waals surface area contributed by atoms with Gasteiger partial charge in [0.15, 0.2) is 0 Å². The Morgan fingerprint density at radius 3 is 2.50 bits per heavy atom. The van der Waals surface area contributed by atoms with Crippen molar-refractivity contribution in [3.63, 3.8) is 0 Å². The van der Waals surface area contributed by atoms with Crippen molar-refractivity contribution in [2.75, 3.05) is 23.3 Å². The molecule has 1 aliphatic rings. The summed E-state index contributed by atoms with van der Waals surface area (Å²) in [5.41, 5.74) is 7.09. The van der Waals surface area contributed by atoms with Crippen LogP contribution in [0.2, 0.25) is 10.0 Å². The maximum absolute atomic E-state index is 12.6. The van der Waals surface area contributed by atoms with E-state index in [1.165, 1.54) is 11.1 Å². The van der Waals surface area contributed by atoms with Crippen LogP contribution in [0.15, 0.2) is 79.0 Å². The molecule has 0 saturated heterocycles. The zero-order chi connectivity index (χ0) is 25.1. The second-order valence-electron chi connectivity index (χ2n) is 8.90. The second kappa shape index (κ2) is 10.6. The Labute approximate surface area is 221 Å². The van der Waals surface area contributed by atoms with Crippen LogP contribution in [0.3, 0.4) is 0 Å². The summed E-state index contributed by atoms with van der Waals surface area (Å²) in [4.78, 5) is 19.6. The van der Waals surface area contributed by atoms with E-state index in [-0.39, 0.29) is 5.91 Å². The van der Waals surface area contributed by atoms with E-state index in [4.69, 9.17) is 23.2 Å². The van der Waals surface area contributed by atoms with E-state index >= 15 is 0 Å². The van der Waals surface area contributed by atoms with Crippen LogP contribution in [0.4, 0.5) is 11.5 Å². The molecule has 0 fully saturated rings. The number of amides is 1. The van der Waals surface area contributed by atoms with Crippen molar-refractivity contribution in [3.05, 3.63) is 111 Å². The first kappa shape index (κ1) is 24.2. The molecule has 36 heavy (non-hydrogen) atoms. The Kier molecular flexibility index (Phi) is 7.12. The molecule has 3 aromatic carbocycles. The van der Waals surface area contributed by atoms with Gasteiger partial charge in [-0.2, -0.15) is 0 Å². The minimum atomic E-state index is -0.118. The summed E-state index contributed by atoms with van der Waals surface area (Å²) in [6.07, 6.45) is 1.87. The molecule has 1 amide bonds. The summed E-state index contributed by atoms with van der Waals surface area (Å²) < 4.78 is 0. The van der Waals surface area contributed by atoms with Crippen molar-refractivity contribution in [2.45, 2.75) is 20.0 Å². The molecule has 0 atom stereocenters. The molecule has 182 valence electrons. The molecule has 2 heterocycles. The number of hydrogen-bond donors (Lipinski definition) is 2. The lowest BCUT2D eigenvalue weighted by Crippen LogP contribution is -2.34. The van der Waals surface area contributed by atoms with Crippen LogP contribution < -0.4 is 15.5 Å². The first-order valence-electron chi connectivity index (χ1n) is 11.8. The molecular formula is C29H26Cl2N4O. The Morgan fingerprint density at radius 2 is 1.72 bits per heavy atom. The molecule has 2 N–H and O–H groups in total. The quantitative estimate of drug-likeness (QED) is 0.298. The molecule has 7 heteroatoms. The predicted octanol–water partition coefficient (Wildman–Crippen LogP) is 6.73. The maximum Gasteiger partial charge on any atom is 0.251 e. The zero-order valence-corrected chi connectivity index (χ0v) is 21.4. The monoisotopic (exact) mass is 516 g/mol. The smallest absolute Gasteiger partial charge is 0.251 e. The summed E-state index contributed by atoms with van der Waals surface area (Å²) in [6.45, 7) is 5.02. The number of fused-ring (bicyclic) bond motifs is 1. The van der Waals surface area contributed by atoms with E-state index in [2.05, 4.69) is 39.6 Å². The summed E-state index contributed by atoms with van der Waals surface area (Å²) in [6, 6.07) is 23.2. The van der Waals surface area contributed by atoms with Crippen LogP contribution in [-0.4, -0.2) is 24.0 Å². The molecule has 4 aromatic rings. The van der Waals surface area contributed by atoms with Gasteiger partial charge in [-0.15, -0.1) is 0 Å². The van der Waals surface area contributed by atoms with E-state index in [9.17, 15) is 4.79 Å². The largest absolute Gasteiger partial charge is 0.367 e. The lowest BCUT2D eigenvalue weighted by atomic mass is 10.0. The number of aromatic nitrogens is 1. The average Bonchev–Trinajstić information content (AvgIpc) is 2.90. The van der Waals surface area contributed by atoms with Crippen LogP contribution >= 0.6 is 23.2 Å². The number of rotatable bonds is 6. The van der Waals surface area contributed by atoms with Crippen LogP contribution in [-0.2, 0) is 13.1 Å². The molecule has 0 radical (unpaired) electrons. The normalized spacial score (nSPS) is 12.6. The zero-order valence-electron chi connectivity index (χ0n) is 19.9. The maximum atomic E-state index is 12.6.